The van der Waals surface area contributed by atoms with Crippen LogP contribution in [0.1, 0.15) is 45.9 Å². The van der Waals surface area contributed by atoms with Crippen molar-refractivity contribution in [2.75, 3.05) is 14.2 Å². The number of ether oxygens (including phenoxy) is 3. The molecule has 0 saturated heterocycles. The number of thiophene rings is 1. The van der Waals surface area contributed by atoms with Gasteiger partial charge in [0.2, 0.25) is 5.75 Å². The van der Waals surface area contributed by atoms with Gasteiger partial charge < -0.3 is 14.2 Å². The summed E-state index contributed by atoms with van der Waals surface area (Å²) < 4.78 is 15.7. The number of carbonyl (C=O) groups excluding carboxylic acids is 2. The van der Waals surface area contributed by atoms with E-state index in [1.165, 1.54) is 55.6 Å². The zero-order valence-electron chi connectivity index (χ0n) is 16.9. The molecule has 0 aliphatic heterocycles. The summed E-state index contributed by atoms with van der Waals surface area (Å²) in [7, 11) is 2.92. The number of amides is 1. The predicted molar refractivity (Wildman–Crippen MR) is 111 cm³/mol. The number of aryl methyl sites for hydroxylation is 1. The average Bonchev–Trinajstić information content (AvgIpc) is 3.11. The quantitative estimate of drug-likeness (QED) is 0.337. The number of methoxy groups -OCH3 is 2. The van der Waals surface area contributed by atoms with Gasteiger partial charge in [0.05, 0.1) is 25.3 Å². The Bertz CT molecular complexity index is 926. The van der Waals surface area contributed by atoms with Crippen LogP contribution in [0.2, 0.25) is 0 Å². The summed E-state index contributed by atoms with van der Waals surface area (Å²) in [6.45, 7) is 3.53. The van der Waals surface area contributed by atoms with E-state index in [9.17, 15) is 9.59 Å². The minimum absolute atomic E-state index is 0.196. The minimum Gasteiger partial charge on any atom is -0.493 e. The second-order valence-electron chi connectivity index (χ2n) is 6.95. The third-order valence-corrected chi connectivity index (χ3v) is 5.90. The van der Waals surface area contributed by atoms with Crippen molar-refractivity contribution in [3.05, 3.63) is 39.1 Å². The van der Waals surface area contributed by atoms with Crippen LogP contribution < -0.4 is 19.6 Å². The first-order valence-electron chi connectivity index (χ1n) is 9.30. The minimum atomic E-state index is -0.483. The molecular formula is C21H24N2O5S. The lowest BCUT2D eigenvalue weighted by Crippen LogP contribution is -2.16. The summed E-state index contributed by atoms with van der Waals surface area (Å²) >= 11 is 1.54. The molecule has 0 radical (unpaired) electrons. The molecule has 0 saturated carbocycles. The number of fused-ring (bicyclic) bond motifs is 1. The molecule has 0 spiro atoms. The molecule has 7 nitrogen and oxygen atoms in total. The normalized spacial score (nSPS) is 15.7. The predicted octanol–water partition coefficient (Wildman–Crippen LogP) is 3.58. The molecule has 3 rings (SSSR count). The van der Waals surface area contributed by atoms with Crippen LogP contribution in [0.15, 0.2) is 23.3 Å². The second kappa shape index (κ2) is 9.09. The molecule has 1 amide bonds. The fraction of sp³-hybridized carbons (Fsp3) is 0.381. The molecule has 2 aromatic rings. The molecule has 1 N–H and O–H groups in total. The van der Waals surface area contributed by atoms with Gasteiger partial charge in [0, 0.05) is 17.4 Å². The molecule has 1 aliphatic rings. The Morgan fingerprint density at radius 1 is 1.21 bits per heavy atom. The molecule has 1 aliphatic carbocycles. The number of nitrogens with zero attached hydrogens (tertiary/aromatic N) is 1. The number of hydrogen-bond donors (Lipinski definition) is 1. The smallest absolute Gasteiger partial charge is 0.308 e. The van der Waals surface area contributed by atoms with Gasteiger partial charge in [-0.1, -0.05) is 6.92 Å². The van der Waals surface area contributed by atoms with Crippen LogP contribution in [-0.2, 0) is 17.6 Å². The van der Waals surface area contributed by atoms with Gasteiger partial charge in [-0.15, -0.1) is 11.3 Å². The van der Waals surface area contributed by atoms with Gasteiger partial charge in [-0.25, -0.2) is 5.43 Å². The standard InChI is InChI=1S/C21H24N2O5S/c1-12-5-6-18-15(7-12)10-19(29-18)21(25)23-22-11-14-8-16(26-3)20(28-13(2)24)17(9-14)27-4/h8-12H,5-7H2,1-4H3,(H,23,25)/b22-11+. The highest BCUT2D eigenvalue weighted by molar-refractivity contribution is 7.14. The molecule has 1 aromatic heterocycles. The lowest BCUT2D eigenvalue weighted by molar-refractivity contribution is -0.132. The maximum Gasteiger partial charge on any atom is 0.308 e. The van der Waals surface area contributed by atoms with Crippen LogP contribution in [-0.4, -0.2) is 32.3 Å². The van der Waals surface area contributed by atoms with Gasteiger partial charge in [0.1, 0.15) is 0 Å². The fourth-order valence-electron chi connectivity index (χ4n) is 3.26. The number of nitrogens with one attached hydrogen (secondary N) is 1. The maximum absolute atomic E-state index is 12.4. The Hall–Kier alpha value is -2.87. The Morgan fingerprint density at radius 3 is 2.52 bits per heavy atom. The number of rotatable bonds is 6. The molecular weight excluding hydrogens is 392 g/mol. The van der Waals surface area contributed by atoms with Crippen molar-refractivity contribution in [3.8, 4) is 17.2 Å². The van der Waals surface area contributed by atoms with E-state index in [2.05, 4.69) is 17.5 Å². The van der Waals surface area contributed by atoms with Crippen LogP contribution in [0.4, 0.5) is 0 Å². The zero-order chi connectivity index (χ0) is 21.0. The first kappa shape index (κ1) is 20.9. The first-order chi connectivity index (χ1) is 13.9. The van der Waals surface area contributed by atoms with Gasteiger partial charge in [-0.2, -0.15) is 5.10 Å². The molecule has 1 heterocycles. The highest BCUT2D eigenvalue weighted by atomic mass is 32.1. The van der Waals surface area contributed by atoms with E-state index in [0.717, 1.165) is 12.8 Å². The molecule has 154 valence electrons. The Balaban J connectivity index is 1.73. The van der Waals surface area contributed by atoms with Crippen molar-refractivity contribution in [1.82, 2.24) is 5.43 Å². The zero-order valence-corrected chi connectivity index (χ0v) is 17.7. The van der Waals surface area contributed by atoms with Crippen molar-refractivity contribution in [3.63, 3.8) is 0 Å². The maximum atomic E-state index is 12.4. The summed E-state index contributed by atoms with van der Waals surface area (Å²) in [4.78, 5) is 25.7. The Morgan fingerprint density at radius 2 is 1.90 bits per heavy atom. The van der Waals surface area contributed by atoms with Crippen molar-refractivity contribution in [1.29, 1.82) is 0 Å². The summed E-state index contributed by atoms with van der Waals surface area (Å²) in [6, 6.07) is 5.25. The molecule has 1 unspecified atom stereocenters. The SMILES string of the molecule is COc1cc(/C=N/NC(=O)c2cc3c(s2)CCC(C)C3)cc(OC)c1OC(C)=O. The van der Waals surface area contributed by atoms with Crippen LogP contribution >= 0.6 is 11.3 Å². The van der Waals surface area contributed by atoms with Crippen molar-refractivity contribution < 1.29 is 23.8 Å². The molecule has 0 fully saturated rings. The van der Waals surface area contributed by atoms with Gasteiger partial charge in [0.25, 0.3) is 5.91 Å². The highest BCUT2D eigenvalue weighted by Gasteiger charge is 2.20. The van der Waals surface area contributed by atoms with Crippen molar-refractivity contribution >= 4 is 29.4 Å². The van der Waals surface area contributed by atoms with Crippen molar-refractivity contribution in [2.24, 2.45) is 11.0 Å². The average molecular weight is 416 g/mol. The van der Waals surface area contributed by atoms with Gasteiger partial charge in [0.15, 0.2) is 11.5 Å². The van der Waals surface area contributed by atoms with E-state index in [4.69, 9.17) is 14.2 Å². The number of hydrazone groups is 1. The number of carbonyl (C=O) groups is 2. The second-order valence-corrected chi connectivity index (χ2v) is 8.09. The van der Waals surface area contributed by atoms with Crippen LogP contribution in [0.25, 0.3) is 0 Å². The molecule has 1 aromatic carbocycles. The van der Waals surface area contributed by atoms with E-state index in [0.29, 0.717) is 27.9 Å². The summed E-state index contributed by atoms with van der Waals surface area (Å²) in [6.07, 6.45) is 4.71. The lowest BCUT2D eigenvalue weighted by atomic mass is 9.90. The Kier molecular flexibility index (Phi) is 6.53. The van der Waals surface area contributed by atoms with Gasteiger partial charge in [-0.05, 0) is 48.9 Å². The molecule has 8 heteroatoms. The fourth-order valence-corrected chi connectivity index (χ4v) is 4.36. The van der Waals surface area contributed by atoms with Crippen LogP contribution in [0, 0.1) is 5.92 Å². The van der Waals surface area contributed by atoms with Crippen LogP contribution in [0.3, 0.4) is 0 Å². The van der Waals surface area contributed by atoms with E-state index in [-0.39, 0.29) is 11.7 Å². The first-order valence-corrected chi connectivity index (χ1v) is 10.1. The molecule has 29 heavy (non-hydrogen) atoms. The number of benzene rings is 1. The third-order valence-electron chi connectivity index (χ3n) is 4.66. The summed E-state index contributed by atoms with van der Waals surface area (Å²) in [5.41, 5.74) is 4.46. The number of esters is 1. The number of hydrogen-bond acceptors (Lipinski definition) is 7. The van der Waals surface area contributed by atoms with E-state index in [1.54, 1.807) is 12.1 Å². The summed E-state index contributed by atoms with van der Waals surface area (Å²) in [5.74, 6) is 0.792. The van der Waals surface area contributed by atoms with Crippen LogP contribution in [0.5, 0.6) is 17.2 Å². The topological polar surface area (TPSA) is 86.2 Å². The van der Waals surface area contributed by atoms with Crippen molar-refractivity contribution in [2.45, 2.75) is 33.1 Å². The van der Waals surface area contributed by atoms with Gasteiger partial charge >= 0.3 is 5.97 Å². The third kappa shape index (κ3) is 4.95. The Labute approximate surface area is 173 Å². The molecule has 1 atom stereocenters. The van der Waals surface area contributed by atoms with E-state index >= 15 is 0 Å². The largest absolute Gasteiger partial charge is 0.493 e. The van der Waals surface area contributed by atoms with E-state index < -0.39 is 5.97 Å². The highest BCUT2D eigenvalue weighted by Crippen LogP contribution is 2.38. The van der Waals surface area contributed by atoms with Gasteiger partial charge in [-0.3, -0.25) is 9.59 Å². The molecule has 0 bridgehead atoms. The summed E-state index contributed by atoms with van der Waals surface area (Å²) in [5, 5.41) is 4.04. The van der Waals surface area contributed by atoms with E-state index in [1.807, 2.05) is 6.07 Å². The lowest BCUT2D eigenvalue weighted by Gasteiger charge is -2.16. The monoisotopic (exact) mass is 416 g/mol.